The van der Waals surface area contributed by atoms with E-state index >= 15 is 0 Å². The molecule has 0 amide bonds. The van der Waals surface area contributed by atoms with E-state index in [1.165, 1.54) is 12.1 Å². The van der Waals surface area contributed by atoms with E-state index in [1.807, 2.05) is 0 Å². The minimum absolute atomic E-state index is 0.0798. The lowest BCUT2D eigenvalue weighted by Gasteiger charge is -2.11. The Labute approximate surface area is 90.7 Å². The summed E-state index contributed by atoms with van der Waals surface area (Å²) in [6, 6.07) is 4.67. The summed E-state index contributed by atoms with van der Waals surface area (Å²) in [4.78, 5) is 11.5. The fourth-order valence-electron chi connectivity index (χ4n) is 1.35. The number of benzene rings is 1. The van der Waals surface area contributed by atoms with E-state index in [2.05, 4.69) is 0 Å². The van der Waals surface area contributed by atoms with Crippen LogP contribution in [-0.2, 0) is 6.18 Å². The molecule has 0 radical (unpaired) electrons. The van der Waals surface area contributed by atoms with Crippen molar-refractivity contribution in [3.63, 3.8) is 0 Å². The molecule has 1 rings (SSSR count). The lowest BCUT2D eigenvalue weighted by Crippen LogP contribution is -2.13. The van der Waals surface area contributed by atoms with Crippen LogP contribution in [0.1, 0.15) is 28.8 Å². The third kappa shape index (κ3) is 3.06. The fraction of sp³-hybridized carbons (Fsp3) is 0.364. The molecule has 0 bridgehead atoms. The predicted octanol–water partition coefficient (Wildman–Crippen LogP) is 2.66. The summed E-state index contributed by atoms with van der Waals surface area (Å²) in [7, 11) is 0. The number of alkyl halides is 3. The number of aliphatic hydroxyl groups is 1. The zero-order valence-electron chi connectivity index (χ0n) is 8.42. The molecule has 2 nitrogen and oxygen atoms in total. The van der Waals surface area contributed by atoms with Crippen molar-refractivity contribution < 1.29 is 23.1 Å². The van der Waals surface area contributed by atoms with Crippen molar-refractivity contribution in [2.75, 3.05) is 6.61 Å². The molecule has 0 unspecified atom stereocenters. The van der Waals surface area contributed by atoms with E-state index in [-0.39, 0.29) is 25.0 Å². The van der Waals surface area contributed by atoms with Crippen molar-refractivity contribution in [2.45, 2.75) is 19.0 Å². The Bertz CT molecular complexity index is 372. The highest BCUT2D eigenvalue weighted by molar-refractivity contribution is 5.97. The van der Waals surface area contributed by atoms with E-state index in [1.54, 1.807) is 0 Å². The normalized spacial score (nSPS) is 11.5. The molecule has 0 saturated carbocycles. The van der Waals surface area contributed by atoms with Gasteiger partial charge < -0.3 is 5.11 Å². The highest BCUT2D eigenvalue weighted by atomic mass is 19.4. The van der Waals surface area contributed by atoms with Crippen LogP contribution in [0, 0.1) is 0 Å². The third-order valence-corrected chi connectivity index (χ3v) is 2.09. The molecule has 0 aromatic heterocycles. The second-order valence-corrected chi connectivity index (χ2v) is 3.29. The number of Topliss-reactive ketones (excluding diaryl/α,β-unsaturated/α-hetero) is 1. The van der Waals surface area contributed by atoms with Crippen LogP contribution in [0.5, 0.6) is 0 Å². The Morgan fingerprint density at radius 3 is 2.44 bits per heavy atom. The maximum atomic E-state index is 12.5. The molecule has 5 heteroatoms. The number of ketones is 1. The quantitative estimate of drug-likeness (QED) is 0.810. The van der Waals surface area contributed by atoms with Gasteiger partial charge in [-0.1, -0.05) is 18.2 Å². The summed E-state index contributed by atoms with van der Waals surface area (Å²) in [6.45, 7) is -0.208. The van der Waals surface area contributed by atoms with E-state index in [4.69, 9.17) is 5.11 Å². The molecule has 1 N–H and O–H groups in total. The van der Waals surface area contributed by atoms with Crippen LogP contribution in [0.4, 0.5) is 13.2 Å². The van der Waals surface area contributed by atoms with Gasteiger partial charge in [-0.25, -0.2) is 0 Å². The molecule has 1 aromatic rings. The van der Waals surface area contributed by atoms with Gasteiger partial charge in [0.1, 0.15) is 0 Å². The van der Waals surface area contributed by atoms with Gasteiger partial charge in [0, 0.05) is 18.6 Å². The topological polar surface area (TPSA) is 37.3 Å². The molecule has 0 atom stereocenters. The summed E-state index contributed by atoms with van der Waals surface area (Å²) < 4.78 is 37.6. The van der Waals surface area contributed by atoms with Gasteiger partial charge in [0.2, 0.25) is 0 Å². The molecule has 88 valence electrons. The Kier molecular flexibility index (Phi) is 4.06. The van der Waals surface area contributed by atoms with Gasteiger partial charge in [0.15, 0.2) is 5.78 Å². The predicted molar refractivity (Wildman–Crippen MR) is 52.1 cm³/mol. The standard InChI is InChI=1S/C11H11F3O2/c12-11(13,14)9-5-2-1-4-8(9)10(16)6-3-7-15/h1-2,4-5,15H,3,6-7H2. The van der Waals surface area contributed by atoms with Gasteiger partial charge >= 0.3 is 6.18 Å². The largest absolute Gasteiger partial charge is 0.417 e. The summed E-state index contributed by atoms with van der Waals surface area (Å²) in [6.07, 6.45) is -4.43. The summed E-state index contributed by atoms with van der Waals surface area (Å²) in [5.41, 5.74) is -1.25. The van der Waals surface area contributed by atoms with Crippen LogP contribution in [0.2, 0.25) is 0 Å². The SMILES string of the molecule is O=C(CCCO)c1ccccc1C(F)(F)F. The number of halogens is 3. The van der Waals surface area contributed by atoms with Gasteiger partial charge in [0.25, 0.3) is 0 Å². The van der Waals surface area contributed by atoms with Gasteiger partial charge in [0.05, 0.1) is 5.56 Å². The van der Waals surface area contributed by atoms with Gasteiger partial charge in [-0.15, -0.1) is 0 Å². The molecule has 1 aromatic carbocycles. The molecule has 0 saturated heterocycles. The van der Waals surface area contributed by atoms with Crippen LogP contribution in [0.3, 0.4) is 0 Å². The minimum Gasteiger partial charge on any atom is -0.396 e. The average molecular weight is 232 g/mol. The number of hydrogen-bond donors (Lipinski definition) is 1. The Morgan fingerprint density at radius 1 is 1.25 bits per heavy atom. The number of carbonyl (C=O) groups is 1. The van der Waals surface area contributed by atoms with Crippen LogP contribution >= 0.6 is 0 Å². The number of carbonyl (C=O) groups excluding carboxylic acids is 1. The van der Waals surface area contributed by atoms with Crippen molar-refractivity contribution in [2.24, 2.45) is 0 Å². The Morgan fingerprint density at radius 2 is 1.88 bits per heavy atom. The minimum atomic E-state index is -4.52. The average Bonchev–Trinajstić information content (AvgIpc) is 2.24. The molecule has 0 spiro atoms. The summed E-state index contributed by atoms with van der Waals surface area (Å²) >= 11 is 0. The summed E-state index contributed by atoms with van der Waals surface area (Å²) in [5, 5.41) is 8.52. The first kappa shape index (κ1) is 12.7. The number of aliphatic hydroxyl groups excluding tert-OH is 1. The molecular weight excluding hydrogens is 221 g/mol. The first-order valence-corrected chi connectivity index (χ1v) is 4.77. The van der Waals surface area contributed by atoms with Crippen LogP contribution < -0.4 is 0 Å². The highest BCUT2D eigenvalue weighted by Crippen LogP contribution is 2.32. The number of rotatable bonds is 4. The lowest BCUT2D eigenvalue weighted by atomic mass is 10.0. The van der Waals surface area contributed by atoms with Crippen LogP contribution in [0.15, 0.2) is 24.3 Å². The molecule has 16 heavy (non-hydrogen) atoms. The summed E-state index contributed by atoms with van der Waals surface area (Å²) in [5.74, 6) is -0.595. The first-order chi connectivity index (χ1) is 7.46. The van der Waals surface area contributed by atoms with Crippen molar-refractivity contribution in [1.82, 2.24) is 0 Å². The van der Waals surface area contributed by atoms with E-state index in [0.717, 1.165) is 12.1 Å². The molecule has 0 heterocycles. The molecule has 0 fully saturated rings. The molecule has 0 aliphatic heterocycles. The second kappa shape index (κ2) is 5.12. The highest BCUT2D eigenvalue weighted by Gasteiger charge is 2.34. The third-order valence-electron chi connectivity index (χ3n) is 2.09. The fourth-order valence-corrected chi connectivity index (χ4v) is 1.35. The van der Waals surface area contributed by atoms with E-state index in [0.29, 0.717) is 0 Å². The van der Waals surface area contributed by atoms with Crippen molar-refractivity contribution in [3.05, 3.63) is 35.4 Å². The van der Waals surface area contributed by atoms with Crippen molar-refractivity contribution in [3.8, 4) is 0 Å². The van der Waals surface area contributed by atoms with Crippen LogP contribution in [0.25, 0.3) is 0 Å². The molecule has 0 aliphatic rings. The smallest absolute Gasteiger partial charge is 0.396 e. The molecule has 0 aliphatic carbocycles. The monoisotopic (exact) mass is 232 g/mol. The molecular formula is C11H11F3O2. The van der Waals surface area contributed by atoms with E-state index < -0.39 is 17.5 Å². The first-order valence-electron chi connectivity index (χ1n) is 4.77. The second-order valence-electron chi connectivity index (χ2n) is 3.29. The van der Waals surface area contributed by atoms with Gasteiger partial charge in [-0.05, 0) is 12.5 Å². The zero-order chi connectivity index (χ0) is 12.2. The maximum absolute atomic E-state index is 12.5. The van der Waals surface area contributed by atoms with Crippen molar-refractivity contribution >= 4 is 5.78 Å². The number of hydrogen-bond acceptors (Lipinski definition) is 2. The zero-order valence-corrected chi connectivity index (χ0v) is 8.42. The van der Waals surface area contributed by atoms with Gasteiger partial charge in [-0.3, -0.25) is 4.79 Å². The van der Waals surface area contributed by atoms with Gasteiger partial charge in [-0.2, -0.15) is 13.2 Å². The Hall–Kier alpha value is -1.36. The van der Waals surface area contributed by atoms with Crippen LogP contribution in [-0.4, -0.2) is 17.5 Å². The van der Waals surface area contributed by atoms with Crippen molar-refractivity contribution in [1.29, 1.82) is 0 Å². The Balaban J connectivity index is 3.00. The van der Waals surface area contributed by atoms with E-state index in [9.17, 15) is 18.0 Å². The maximum Gasteiger partial charge on any atom is 0.417 e. The lowest BCUT2D eigenvalue weighted by molar-refractivity contribution is -0.137.